The van der Waals surface area contributed by atoms with Crippen molar-refractivity contribution in [2.75, 3.05) is 13.2 Å². The Kier molecular flexibility index (Phi) is 6.78. The minimum absolute atomic E-state index is 0.0823. The summed E-state index contributed by atoms with van der Waals surface area (Å²) in [6.45, 7) is 7.75. The van der Waals surface area contributed by atoms with Gasteiger partial charge in [-0.1, -0.05) is 25.8 Å². The Bertz CT molecular complexity index is 680. The van der Waals surface area contributed by atoms with Gasteiger partial charge in [-0.25, -0.2) is 9.59 Å². The highest BCUT2D eigenvalue weighted by molar-refractivity contribution is 5.87. The molecule has 3 unspecified atom stereocenters. The van der Waals surface area contributed by atoms with Gasteiger partial charge in [-0.05, 0) is 76.5 Å². The molecule has 0 saturated heterocycles. The molecule has 31 heavy (non-hydrogen) atoms. The highest BCUT2D eigenvalue weighted by Gasteiger charge is 2.60. The number of hydrogen-bond donors (Lipinski definition) is 0. The fraction of sp³-hybridized carbons (Fsp3) is 0.840. The third-order valence-corrected chi connectivity index (χ3v) is 7.70. The van der Waals surface area contributed by atoms with Gasteiger partial charge in [0.2, 0.25) is 0 Å². The molecule has 5 rings (SSSR count). The quantitative estimate of drug-likeness (QED) is 0.298. The average Bonchev–Trinajstić information content (AvgIpc) is 2.70. The smallest absolute Gasteiger partial charge is 0.334 e. The Balaban J connectivity index is 1.27. The van der Waals surface area contributed by atoms with Gasteiger partial charge in [0.25, 0.3) is 0 Å². The van der Waals surface area contributed by atoms with E-state index in [4.69, 9.17) is 18.9 Å². The molecule has 5 aliphatic carbocycles. The van der Waals surface area contributed by atoms with E-state index < -0.39 is 17.5 Å². The predicted molar refractivity (Wildman–Crippen MR) is 115 cm³/mol. The van der Waals surface area contributed by atoms with Crippen LogP contribution in [0.25, 0.3) is 0 Å². The fourth-order valence-corrected chi connectivity index (χ4v) is 6.76. The Morgan fingerprint density at radius 3 is 2.32 bits per heavy atom. The molecule has 0 aromatic heterocycles. The lowest BCUT2D eigenvalue weighted by Crippen LogP contribution is -2.61. The van der Waals surface area contributed by atoms with Gasteiger partial charge in [-0.2, -0.15) is 0 Å². The maximum atomic E-state index is 12.4. The van der Waals surface area contributed by atoms with E-state index in [9.17, 15) is 9.59 Å². The van der Waals surface area contributed by atoms with Crippen molar-refractivity contribution in [2.45, 2.75) is 102 Å². The molecular formula is C25H38O6. The highest BCUT2D eigenvalue weighted by Crippen LogP contribution is 2.60. The second-order valence-corrected chi connectivity index (χ2v) is 10.7. The van der Waals surface area contributed by atoms with Crippen LogP contribution in [0, 0.1) is 17.8 Å². The minimum atomic E-state index is -0.558. The summed E-state index contributed by atoms with van der Waals surface area (Å²) in [7, 11) is 0. The second-order valence-electron chi connectivity index (χ2n) is 10.7. The van der Waals surface area contributed by atoms with Gasteiger partial charge >= 0.3 is 11.9 Å². The van der Waals surface area contributed by atoms with Crippen LogP contribution in [0.4, 0.5) is 0 Å². The summed E-state index contributed by atoms with van der Waals surface area (Å²) in [6, 6.07) is 0. The topological polar surface area (TPSA) is 71.1 Å². The van der Waals surface area contributed by atoms with Gasteiger partial charge in [-0.15, -0.1) is 0 Å². The SMILES string of the molecule is C=C(C)C(=O)OC12CC3CC(CC(OCC(=O)OC(C)OCC4CCCCC4)(C3)C1)C2. The lowest BCUT2D eigenvalue weighted by molar-refractivity contribution is -0.237. The maximum absolute atomic E-state index is 12.4. The molecule has 0 amide bonds. The molecule has 3 atom stereocenters. The summed E-state index contributed by atoms with van der Waals surface area (Å²) in [5.41, 5.74) is -0.443. The van der Waals surface area contributed by atoms with E-state index in [1.807, 2.05) is 0 Å². The first kappa shape index (κ1) is 22.8. The van der Waals surface area contributed by atoms with Gasteiger partial charge < -0.3 is 18.9 Å². The summed E-state index contributed by atoms with van der Waals surface area (Å²) in [5, 5.41) is 0. The Labute approximate surface area is 186 Å². The van der Waals surface area contributed by atoms with Crippen molar-refractivity contribution >= 4 is 11.9 Å². The van der Waals surface area contributed by atoms with Crippen LogP contribution in [0.15, 0.2) is 12.2 Å². The molecule has 6 nitrogen and oxygen atoms in total. The summed E-state index contributed by atoms with van der Waals surface area (Å²) in [4.78, 5) is 24.7. The maximum Gasteiger partial charge on any atom is 0.334 e. The molecule has 4 bridgehead atoms. The van der Waals surface area contributed by atoms with Crippen LogP contribution in [0.1, 0.15) is 84.5 Å². The molecule has 5 fully saturated rings. The molecule has 174 valence electrons. The molecule has 0 aliphatic heterocycles. The van der Waals surface area contributed by atoms with Gasteiger partial charge in [0.1, 0.15) is 12.2 Å². The van der Waals surface area contributed by atoms with Crippen LogP contribution >= 0.6 is 0 Å². The number of rotatable bonds is 9. The van der Waals surface area contributed by atoms with Crippen LogP contribution in [-0.4, -0.2) is 42.6 Å². The first-order valence-corrected chi connectivity index (χ1v) is 12.1. The predicted octanol–water partition coefficient (Wildman–Crippen LogP) is 4.70. The third kappa shape index (κ3) is 5.51. The number of carbonyl (C=O) groups is 2. The second kappa shape index (κ2) is 9.22. The Hall–Kier alpha value is -1.40. The van der Waals surface area contributed by atoms with Crippen molar-refractivity contribution in [3.8, 4) is 0 Å². The molecule has 5 aliphatic rings. The van der Waals surface area contributed by atoms with Gasteiger partial charge in [0.05, 0.1) is 12.2 Å². The standard InChI is InChI=1S/C25H38O6/c1-17(2)23(27)31-25-12-20-9-21(13-25)11-24(10-20,16-25)29-15-22(26)30-18(3)28-14-19-7-5-4-6-8-19/h18-21H,1,4-16H2,2-3H3. The molecule has 0 heterocycles. The highest BCUT2D eigenvalue weighted by atomic mass is 16.7. The first-order valence-electron chi connectivity index (χ1n) is 12.1. The monoisotopic (exact) mass is 434 g/mol. The zero-order valence-corrected chi connectivity index (χ0v) is 19.2. The van der Waals surface area contributed by atoms with Crippen LogP contribution in [0.2, 0.25) is 0 Å². The van der Waals surface area contributed by atoms with Crippen molar-refractivity contribution in [2.24, 2.45) is 17.8 Å². The minimum Gasteiger partial charge on any atom is -0.456 e. The molecule has 0 aromatic rings. The molecule has 0 aromatic carbocycles. The van der Waals surface area contributed by atoms with Crippen molar-refractivity contribution in [3.05, 3.63) is 12.2 Å². The van der Waals surface area contributed by atoms with Crippen molar-refractivity contribution in [1.82, 2.24) is 0 Å². The zero-order chi connectivity index (χ0) is 22.1. The molecule has 5 saturated carbocycles. The van der Waals surface area contributed by atoms with E-state index in [2.05, 4.69) is 6.58 Å². The average molecular weight is 435 g/mol. The van der Waals surface area contributed by atoms with Crippen LogP contribution < -0.4 is 0 Å². The van der Waals surface area contributed by atoms with E-state index in [-0.39, 0.29) is 18.5 Å². The number of ether oxygens (including phenoxy) is 4. The number of esters is 2. The Morgan fingerprint density at radius 2 is 1.68 bits per heavy atom. The zero-order valence-electron chi connectivity index (χ0n) is 19.2. The lowest BCUT2D eigenvalue weighted by atomic mass is 9.52. The van der Waals surface area contributed by atoms with Crippen molar-refractivity contribution < 1.29 is 28.5 Å². The van der Waals surface area contributed by atoms with E-state index >= 15 is 0 Å². The van der Waals surface area contributed by atoms with Crippen LogP contribution in [0.3, 0.4) is 0 Å². The van der Waals surface area contributed by atoms with Gasteiger partial charge in [0.15, 0.2) is 6.29 Å². The Morgan fingerprint density at radius 1 is 1.03 bits per heavy atom. The molecule has 6 heteroatoms. The fourth-order valence-electron chi connectivity index (χ4n) is 6.76. The third-order valence-electron chi connectivity index (χ3n) is 7.70. The van der Waals surface area contributed by atoms with E-state index in [1.165, 1.54) is 32.1 Å². The molecule has 0 radical (unpaired) electrons. The molecule has 0 spiro atoms. The van der Waals surface area contributed by atoms with E-state index in [0.717, 1.165) is 32.1 Å². The normalized spacial score (nSPS) is 35.5. The summed E-state index contributed by atoms with van der Waals surface area (Å²) < 4.78 is 23.4. The van der Waals surface area contributed by atoms with Gasteiger partial charge in [-0.3, -0.25) is 0 Å². The van der Waals surface area contributed by atoms with Gasteiger partial charge in [0, 0.05) is 12.0 Å². The largest absolute Gasteiger partial charge is 0.456 e. The van der Waals surface area contributed by atoms with Crippen LogP contribution in [0.5, 0.6) is 0 Å². The first-order chi connectivity index (χ1) is 14.8. The van der Waals surface area contributed by atoms with Crippen LogP contribution in [-0.2, 0) is 28.5 Å². The summed E-state index contributed by atoms with van der Waals surface area (Å²) >= 11 is 0. The summed E-state index contributed by atoms with van der Waals surface area (Å²) in [6.07, 6.45) is 11.2. The van der Waals surface area contributed by atoms with Crippen molar-refractivity contribution in [1.29, 1.82) is 0 Å². The lowest BCUT2D eigenvalue weighted by Gasteiger charge is -2.60. The number of hydrogen-bond acceptors (Lipinski definition) is 6. The number of carbonyl (C=O) groups excluding carboxylic acids is 2. The summed E-state index contributed by atoms with van der Waals surface area (Å²) in [5.74, 6) is 0.831. The van der Waals surface area contributed by atoms with E-state index in [0.29, 0.717) is 36.4 Å². The van der Waals surface area contributed by atoms with Crippen molar-refractivity contribution in [3.63, 3.8) is 0 Å². The molecule has 0 N–H and O–H groups in total. The van der Waals surface area contributed by atoms with E-state index in [1.54, 1.807) is 13.8 Å². The molecular weight excluding hydrogens is 396 g/mol.